The molecule has 0 saturated carbocycles. The van der Waals surface area contributed by atoms with E-state index in [-0.39, 0.29) is 24.8 Å². The lowest BCUT2D eigenvalue weighted by Crippen LogP contribution is -2.30. The molecular weight excluding hydrogens is 378 g/mol. The van der Waals surface area contributed by atoms with Crippen LogP contribution in [0.3, 0.4) is 0 Å². The van der Waals surface area contributed by atoms with Gasteiger partial charge in [-0.05, 0) is 48.4 Å². The molecule has 1 heterocycles. The molecule has 2 N–H and O–H groups in total. The third-order valence-electron chi connectivity index (χ3n) is 4.53. The van der Waals surface area contributed by atoms with Gasteiger partial charge in [-0.15, -0.1) is 0 Å². The summed E-state index contributed by atoms with van der Waals surface area (Å²) in [4.78, 5) is 28.5. The molecule has 0 bridgehead atoms. The third kappa shape index (κ3) is 6.44. The van der Waals surface area contributed by atoms with Gasteiger partial charge < -0.3 is 15.4 Å². The Morgan fingerprint density at radius 2 is 1.80 bits per heavy atom. The second kappa shape index (κ2) is 10.8. The lowest BCUT2D eigenvalue weighted by atomic mass is 10.1. The van der Waals surface area contributed by atoms with Crippen molar-refractivity contribution in [1.82, 2.24) is 15.6 Å². The molecule has 0 aliphatic heterocycles. The predicted octanol–water partition coefficient (Wildman–Crippen LogP) is 3.41. The number of aryl methyl sites for hydroxylation is 1. The van der Waals surface area contributed by atoms with Crippen molar-refractivity contribution in [2.24, 2.45) is 0 Å². The van der Waals surface area contributed by atoms with Crippen molar-refractivity contribution in [3.8, 4) is 5.75 Å². The van der Waals surface area contributed by atoms with Crippen LogP contribution >= 0.6 is 0 Å². The van der Waals surface area contributed by atoms with E-state index in [1.54, 1.807) is 12.3 Å². The smallest absolute Gasteiger partial charge is 0.251 e. The van der Waals surface area contributed by atoms with Crippen LogP contribution in [-0.4, -0.2) is 23.3 Å². The number of rotatable bonds is 9. The van der Waals surface area contributed by atoms with Crippen LogP contribution in [0, 0.1) is 6.92 Å². The Bertz CT molecular complexity index is 990. The van der Waals surface area contributed by atoms with E-state index in [1.807, 2.05) is 67.6 Å². The first-order chi connectivity index (χ1) is 14.6. The van der Waals surface area contributed by atoms with E-state index in [4.69, 9.17) is 4.74 Å². The summed E-state index contributed by atoms with van der Waals surface area (Å²) < 4.78 is 5.76. The maximum atomic E-state index is 12.2. The number of carbonyl (C=O) groups excluding carboxylic acids is 2. The number of pyridine rings is 1. The van der Waals surface area contributed by atoms with E-state index in [9.17, 15) is 9.59 Å². The summed E-state index contributed by atoms with van der Waals surface area (Å²) in [6, 6.07) is 20.6. The number of aromatic nitrogens is 1. The molecular formula is C24H25N3O3. The molecule has 2 amide bonds. The molecule has 2 aromatic carbocycles. The topological polar surface area (TPSA) is 80.3 Å². The lowest BCUT2D eigenvalue weighted by molar-refractivity contribution is -0.121. The first-order valence-electron chi connectivity index (χ1n) is 9.84. The number of carbonyl (C=O) groups is 2. The molecule has 154 valence electrons. The van der Waals surface area contributed by atoms with Gasteiger partial charge in [0.15, 0.2) is 0 Å². The number of ether oxygens (including phenoxy) is 1. The van der Waals surface area contributed by atoms with Crippen molar-refractivity contribution in [3.63, 3.8) is 0 Å². The van der Waals surface area contributed by atoms with Crippen LogP contribution < -0.4 is 15.4 Å². The Balaban J connectivity index is 1.40. The highest BCUT2D eigenvalue weighted by Crippen LogP contribution is 2.14. The van der Waals surface area contributed by atoms with Gasteiger partial charge in [0.2, 0.25) is 5.91 Å². The number of hydrogen-bond acceptors (Lipinski definition) is 4. The van der Waals surface area contributed by atoms with Gasteiger partial charge >= 0.3 is 0 Å². The normalized spacial score (nSPS) is 10.3. The number of amides is 2. The monoisotopic (exact) mass is 403 g/mol. The van der Waals surface area contributed by atoms with Gasteiger partial charge in [-0.25, -0.2) is 0 Å². The maximum absolute atomic E-state index is 12.2. The molecule has 6 heteroatoms. The molecule has 0 atom stereocenters. The largest absolute Gasteiger partial charge is 0.487 e. The summed E-state index contributed by atoms with van der Waals surface area (Å²) in [5.41, 5.74) is 3.32. The fraction of sp³-hybridized carbons (Fsp3) is 0.208. The fourth-order valence-electron chi connectivity index (χ4n) is 2.89. The first kappa shape index (κ1) is 21.0. The molecule has 0 saturated heterocycles. The Kier molecular flexibility index (Phi) is 7.55. The highest BCUT2D eigenvalue weighted by Gasteiger charge is 2.09. The Morgan fingerprint density at radius 1 is 0.967 bits per heavy atom. The quantitative estimate of drug-likeness (QED) is 0.574. The van der Waals surface area contributed by atoms with E-state index >= 15 is 0 Å². The molecule has 1 aromatic heterocycles. The number of nitrogens with zero attached hydrogens (tertiary/aromatic N) is 1. The molecule has 0 aliphatic carbocycles. The number of nitrogens with one attached hydrogen (secondary N) is 2. The van der Waals surface area contributed by atoms with Gasteiger partial charge in [-0.3, -0.25) is 14.6 Å². The SMILES string of the molecule is Cc1ccccc1C(=O)NCCC(=O)NCc1cccc(OCc2ccccn2)c1. The zero-order valence-corrected chi connectivity index (χ0v) is 16.9. The summed E-state index contributed by atoms with van der Waals surface area (Å²) in [5, 5.41) is 5.65. The maximum Gasteiger partial charge on any atom is 0.251 e. The van der Waals surface area contributed by atoms with Crippen LogP contribution in [0.1, 0.15) is 33.6 Å². The second-order valence-electron chi connectivity index (χ2n) is 6.85. The molecule has 3 aromatic rings. The van der Waals surface area contributed by atoms with E-state index < -0.39 is 0 Å². The van der Waals surface area contributed by atoms with E-state index in [1.165, 1.54) is 0 Å². The number of benzene rings is 2. The standard InChI is InChI=1S/C24H25N3O3/c1-18-7-2-3-11-22(18)24(29)26-14-12-23(28)27-16-19-8-6-10-21(15-19)30-17-20-9-4-5-13-25-20/h2-11,13,15H,12,14,16-17H2,1H3,(H,26,29)(H,27,28). The minimum absolute atomic E-state index is 0.125. The molecule has 0 unspecified atom stereocenters. The van der Waals surface area contributed by atoms with Crippen LogP contribution in [0.2, 0.25) is 0 Å². The summed E-state index contributed by atoms with van der Waals surface area (Å²) in [7, 11) is 0. The Hall–Kier alpha value is -3.67. The van der Waals surface area contributed by atoms with Crippen LogP contribution in [0.15, 0.2) is 72.9 Å². The van der Waals surface area contributed by atoms with Crippen LogP contribution in [-0.2, 0) is 17.9 Å². The third-order valence-corrected chi connectivity index (χ3v) is 4.53. The van der Waals surface area contributed by atoms with Crippen molar-refractivity contribution in [2.75, 3.05) is 6.54 Å². The number of hydrogen-bond donors (Lipinski definition) is 2. The first-order valence-corrected chi connectivity index (χ1v) is 9.84. The van der Waals surface area contributed by atoms with Gasteiger partial charge in [0.1, 0.15) is 12.4 Å². The van der Waals surface area contributed by atoms with Crippen LogP contribution in [0.25, 0.3) is 0 Å². The molecule has 0 radical (unpaired) electrons. The van der Waals surface area contributed by atoms with E-state index in [0.717, 1.165) is 22.6 Å². The molecule has 0 spiro atoms. The van der Waals surface area contributed by atoms with Gasteiger partial charge in [0, 0.05) is 31.3 Å². The second-order valence-corrected chi connectivity index (χ2v) is 6.85. The van der Waals surface area contributed by atoms with Crippen LogP contribution in [0.5, 0.6) is 5.75 Å². The Labute approximate surface area is 176 Å². The lowest BCUT2D eigenvalue weighted by Gasteiger charge is -2.10. The summed E-state index contributed by atoms with van der Waals surface area (Å²) in [6.45, 7) is 2.95. The molecule has 0 aliphatic rings. The molecule has 30 heavy (non-hydrogen) atoms. The fourth-order valence-corrected chi connectivity index (χ4v) is 2.89. The highest BCUT2D eigenvalue weighted by molar-refractivity contribution is 5.95. The minimum atomic E-state index is -0.168. The van der Waals surface area contributed by atoms with Crippen LogP contribution in [0.4, 0.5) is 0 Å². The van der Waals surface area contributed by atoms with Crippen molar-refractivity contribution in [1.29, 1.82) is 0 Å². The van der Waals surface area contributed by atoms with Crippen molar-refractivity contribution < 1.29 is 14.3 Å². The van der Waals surface area contributed by atoms with E-state index in [2.05, 4.69) is 15.6 Å². The summed E-state index contributed by atoms with van der Waals surface area (Å²) >= 11 is 0. The average molecular weight is 403 g/mol. The van der Waals surface area contributed by atoms with E-state index in [0.29, 0.717) is 18.7 Å². The highest BCUT2D eigenvalue weighted by atomic mass is 16.5. The minimum Gasteiger partial charge on any atom is -0.487 e. The zero-order chi connectivity index (χ0) is 21.2. The van der Waals surface area contributed by atoms with Crippen molar-refractivity contribution >= 4 is 11.8 Å². The molecule has 3 rings (SSSR count). The molecule has 6 nitrogen and oxygen atoms in total. The van der Waals surface area contributed by atoms with Crippen molar-refractivity contribution in [2.45, 2.75) is 26.5 Å². The van der Waals surface area contributed by atoms with Crippen molar-refractivity contribution in [3.05, 3.63) is 95.3 Å². The summed E-state index contributed by atoms with van der Waals surface area (Å²) in [6.07, 6.45) is 1.95. The average Bonchev–Trinajstić information content (AvgIpc) is 2.77. The van der Waals surface area contributed by atoms with Gasteiger partial charge in [0.05, 0.1) is 5.69 Å². The zero-order valence-electron chi connectivity index (χ0n) is 16.9. The summed E-state index contributed by atoms with van der Waals surface area (Å²) in [5.74, 6) is 0.427. The predicted molar refractivity (Wildman–Crippen MR) is 115 cm³/mol. The Morgan fingerprint density at radius 3 is 2.60 bits per heavy atom. The van der Waals surface area contributed by atoms with Gasteiger partial charge in [0.25, 0.3) is 5.91 Å². The molecule has 0 fully saturated rings. The van der Waals surface area contributed by atoms with Gasteiger partial charge in [-0.2, -0.15) is 0 Å². The van der Waals surface area contributed by atoms with Gasteiger partial charge in [-0.1, -0.05) is 36.4 Å².